The summed E-state index contributed by atoms with van der Waals surface area (Å²) in [6.07, 6.45) is 2.96. The molecule has 2 aromatic carbocycles. The molecule has 2 rings (SSSR count). The number of allylic oxidation sites excluding steroid dienone is 1. The van der Waals surface area contributed by atoms with Crippen LogP contribution < -0.4 is 4.74 Å². The molecule has 4 nitrogen and oxygen atoms in total. The molecule has 0 radical (unpaired) electrons. The van der Waals surface area contributed by atoms with Crippen LogP contribution in [0, 0.1) is 13.8 Å². The average molecular weight is 312 g/mol. The molecule has 0 aliphatic rings. The minimum atomic E-state index is -0.217. The Morgan fingerprint density at radius 1 is 1.13 bits per heavy atom. The van der Waals surface area contributed by atoms with Gasteiger partial charge in [0.05, 0.1) is 12.2 Å². The third-order valence-corrected chi connectivity index (χ3v) is 3.51. The third kappa shape index (κ3) is 3.72. The molecule has 4 heteroatoms. The number of aryl methyl sites for hydroxylation is 2. The summed E-state index contributed by atoms with van der Waals surface area (Å²) in [5, 5.41) is 19.5. The Morgan fingerprint density at radius 3 is 2.39 bits per heavy atom. The molecule has 0 amide bonds. The van der Waals surface area contributed by atoms with E-state index >= 15 is 0 Å². The minimum Gasteiger partial charge on any atom is -0.508 e. The predicted octanol–water partition coefficient (Wildman–Crippen LogP) is 4.01. The SMILES string of the molecule is CCOc1c(C)cc(C)c(O)c1/C=C/C(=O)c1ccc(O)cc1. The first-order chi connectivity index (χ1) is 10.9. The van der Waals surface area contributed by atoms with Crippen molar-refractivity contribution in [3.8, 4) is 17.2 Å². The zero-order valence-corrected chi connectivity index (χ0v) is 13.5. The predicted molar refractivity (Wildman–Crippen MR) is 90.2 cm³/mol. The maximum absolute atomic E-state index is 12.2. The number of aromatic hydroxyl groups is 2. The zero-order chi connectivity index (χ0) is 17.0. The molecule has 0 atom stereocenters. The molecule has 0 saturated carbocycles. The minimum absolute atomic E-state index is 0.105. The smallest absolute Gasteiger partial charge is 0.185 e. The molecule has 0 aliphatic carbocycles. The van der Waals surface area contributed by atoms with Gasteiger partial charge >= 0.3 is 0 Å². The fourth-order valence-electron chi connectivity index (χ4n) is 2.36. The third-order valence-electron chi connectivity index (χ3n) is 3.51. The molecule has 0 fully saturated rings. The van der Waals surface area contributed by atoms with Crippen molar-refractivity contribution >= 4 is 11.9 Å². The summed E-state index contributed by atoms with van der Waals surface area (Å²) in [7, 11) is 0. The van der Waals surface area contributed by atoms with Crippen LogP contribution in [0.5, 0.6) is 17.2 Å². The number of hydrogen-bond donors (Lipinski definition) is 2. The van der Waals surface area contributed by atoms with E-state index in [2.05, 4.69) is 0 Å². The Hall–Kier alpha value is -2.75. The Kier molecular flexibility index (Phi) is 5.06. The van der Waals surface area contributed by atoms with Gasteiger partial charge in [-0.2, -0.15) is 0 Å². The lowest BCUT2D eigenvalue weighted by molar-refractivity contribution is 0.104. The Morgan fingerprint density at radius 2 is 1.78 bits per heavy atom. The molecule has 2 N–H and O–H groups in total. The highest BCUT2D eigenvalue weighted by molar-refractivity contribution is 6.07. The number of carbonyl (C=O) groups excluding carboxylic acids is 1. The van der Waals surface area contributed by atoms with Gasteiger partial charge in [-0.15, -0.1) is 0 Å². The number of hydrogen-bond acceptors (Lipinski definition) is 4. The van der Waals surface area contributed by atoms with Crippen LogP contribution in [0.25, 0.3) is 6.08 Å². The number of ketones is 1. The summed E-state index contributed by atoms with van der Waals surface area (Å²) in [5.41, 5.74) is 2.58. The van der Waals surface area contributed by atoms with Crippen molar-refractivity contribution in [1.82, 2.24) is 0 Å². The van der Waals surface area contributed by atoms with Crippen molar-refractivity contribution in [3.05, 3.63) is 58.7 Å². The summed E-state index contributed by atoms with van der Waals surface area (Å²) in [6.45, 7) is 6.04. The lowest BCUT2D eigenvalue weighted by Crippen LogP contribution is -1.99. The topological polar surface area (TPSA) is 66.8 Å². The quantitative estimate of drug-likeness (QED) is 0.646. The van der Waals surface area contributed by atoms with Crippen LogP contribution >= 0.6 is 0 Å². The molecule has 120 valence electrons. The molecule has 0 spiro atoms. The normalized spacial score (nSPS) is 10.9. The molecule has 0 bridgehead atoms. The number of phenolic OH excluding ortho intramolecular Hbond substituents is 2. The van der Waals surface area contributed by atoms with Crippen molar-refractivity contribution in [3.63, 3.8) is 0 Å². The van der Waals surface area contributed by atoms with Crippen LogP contribution in [0.3, 0.4) is 0 Å². The number of rotatable bonds is 5. The maximum atomic E-state index is 12.2. The number of ether oxygens (including phenoxy) is 1. The summed E-state index contributed by atoms with van der Waals surface area (Å²) in [6, 6.07) is 7.86. The highest BCUT2D eigenvalue weighted by Crippen LogP contribution is 2.35. The number of benzene rings is 2. The molecule has 0 unspecified atom stereocenters. The van der Waals surface area contributed by atoms with Crippen molar-refractivity contribution in [2.24, 2.45) is 0 Å². The van der Waals surface area contributed by atoms with E-state index in [0.29, 0.717) is 23.5 Å². The van der Waals surface area contributed by atoms with Gasteiger partial charge in [0, 0.05) is 5.56 Å². The first-order valence-electron chi connectivity index (χ1n) is 7.41. The fraction of sp³-hybridized carbons (Fsp3) is 0.211. The first-order valence-corrected chi connectivity index (χ1v) is 7.41. The highest BCUT2D eigenvalue weighted by Gasteiger charge is 2.13. The van der Waals surface area contributed by atoms with Crippen molar-refractivity contribution in [1.29, 1.82) is 0 Å². The first kappa shape index (κ1) is 16.6. The molecular formula is C19H20O4. The summed E-state index contributed by atoms with van der Waals surface area (Å²) in [5.74, 6) is 0.571. The number of phenols is 2. The maximum Gasteiger partial charge on any atom is 0.185 e. The van der Waals surface area contributed by atoms with Gasteiger partial charge in [-0.1, -0.05) is 0 Å². The lowest BCUT2D eigenvalue weighted by atomic mass is 10.0. The van der Waals surface area contributed by atoms with E-state index in [1.54, 1.807) is 25.1 Å². The van der Waals surface area contributed by atoms with Gasteiger partial charge < -0.3 is 14.9 Å². The molecule has 2 aromatic rings. The second kappa shape index (κ2) is 7.01. The second-order valence-electron chi connectivity index (χ2n) is 5.28. The summed E-state index contributed by atoms with van der Waals surface area (Å²) < 4.78 is 5.60. The largest absolute Gasteiger partial charge is 0.508 e. The van der Waals surface area contributed by atoms with Gasteiger partial charge in [0.2, 0.25) is 0 Å². The Bertz CT molecular complexity index is 743. The standard InChI is InChI=1S/C19H20O4/c1-4-23-19-13(3)11-12(2)18(22)16(19)9-10-17(21)14-5-7-15(20)8-6-14/h5-11,20,22H,4H2,1-3H3/b10-9+. The van der Waals surface area contributed by atoms with Crippen LogP contribution in [0.1, 0.15) is 34.0 Å². The lowest BCUT2D eigenvalue weighted by Gasteiger charge is -2.14. The molecule has 23 heavy (non-hydrogen) atoms. The summed E-state index contributed by atoms with van der Waals surface area (Å²) in [4.78, 5) is 12.2. The monoisotopic (exact) mass is 312 g/mol. The molecule has 0 aromatic heterocycles. The average Bonchev–Trinajstić information content (AvgIpc) is 2.52. The van der Waals surface area contributed by atoms with E-state index in [1.807, 2.05) is 19.9 Å². The highest BCUT2D eigenvalue weighted by atomic mass is 16.5. The molecule has 0 heterocycles. The number of carbonyl (C=O) groups is 1. The van der Waals surface area contributed by atoms with E-state index in [4.69, 9.17) is 4.74 Å². The summed E-state index contributed by atoms with van der Waals surface area (Å²) >= 11 is 0. The van der Waals surface area contributed by atoms with Crippen LogP contribution in [0.15, 0.2) is 36.4 Å². The zero-order valence-electron chi connectivity index (χ0n) is 13.5. The van der Waals surface area contributed by atoms with Gasteiger partial charge in [0.1, 0.15) is 17.2 Å². The van der Waals surface area contributed by atoms with Gasteiger partial charge in [0.25, 0.3) is 0 Å². The molecule has 0 aliphatic heterocycles. The van der Waals surface area contributed by atoms with Crippen molar-refractivity contribution < 1.29 is 19.7 Å². The fourth-order valence-corrected chi connectivity index (χ4v) is 2.36. The van der Waals surface area contributed by atoms with E-state index in [-0.39, 0.29) is 17.3 Å². The van der Waals surface area contributed by atoms with E-state index in [9.17, 15) is 15.0 Å². The van der Waals surface area contributed by atoms with E-state index in [0.717, 1.165) is 11.1 Å². The Labute approximate surface area is 135 Å². The van der Waals surface area contributed by atoms with Crippen molar-refractivity contribution in [2.75, 3.05) is 6.61 Å². The van der Waals surface area contributed by atoms with Gasteiger partial charge in [-0.3, -0.25) is 4.79 Å². The molecule has 0 saturated heterocycles. The van der Waals surface area contributed by atoms with Crippen LogP contribution in [0.2, 0.25) is 0 Å². The van der Waals surface area contributed by atoms with Gasteiger partial charge in [-0.25, -0.2) is 0 Å². The van der Waals surface area contributed by atoms with E-state index in [1.165, 1.54) is 18.2 Å². The second-order valence-corrected chi connectivity index (χ2v) is 5.28. The van der Waals surface area contributed by atoms with Crippen LogP contribution in [-0.4, -0.2) is 22.6 Å². The van der Waals surface area contributed by atoms with Crippen molar-refractivity contribution in [2.45, 2.75) is 20.8 Å². The van der Waals surface area contributed by atoms with Crippen LogP contribution in [-0.2, 0) is 0 Å². The van der Waals surface area contributed by atoms with Gasteiger partial charge in [-0.05, 0) is 74.4 Å². The molecular weight excluding hydrogens is 292 g/mol. The van der Waals surface area contributed by atoms with E-state index < -0.39 is 0 Å². The van der Waals surface area contributed by atoms with Crippen LogP contribution in [0.4, 0.5) is 0 Å². The Balaban J connectivity index is 2.38. The van der Waals surface area contributed by atoms with Gasteiger partial charge in [0.15, 0.2) is 5.78 Å².